The van der Waals surface area contributed by atoms with E-state index in [2.05, 4.69) is 5.32 Å². The summed E-state index contributed by atoms with van der Waals surface area (Å²) in [4.78, 5) is 12.2. The Hall–Kier alpha value is -1.84. The molecular formula is C17H18ClNO2. The lowest BCUT2D eigenvalue weighted by molar-refractivity contribution is 0.0916. The number of hydrogen-bond acceptors (Lipinski definition) is 2. The molecule has 1 amide bonds. The second-order valence-corrected chi connectivity index (χ2v) is 5.14. The number of alkyl halides is 1. The summed E-state index contributed by atoms with van der Waals surface area (Å²) in [5.41, 5.74) is 2.53. The highest BCUT2D eigenvalue weighted by molar-refractivity contribution is 6.17. The van der Waals surface area contributed by atoms with Gasteiger partial charge in [-0.2, -0.15) is 0 Å². The lowest BCUT2D eigenvalue weighted by Crippen LogP contribution is -2.39. The first kappa shape index (κ1) is 15.5. The van der Waals surface area contributed by atoms with E-state index in [1.54, 1.807) is 18.2 Å². The summed E-state index contributed by atoms with van der Waals surface area (Å²) in [5, 5.41) is 12.3. The maximum atomic E-state index is 12.2. The highest BCUT2D eigenvalue weighted by Crippen LogP contribution is 2.09. The van der Waals surface area contributed by atoms with E-state index in [9.17, 15) is 9.90 Å². The van der Waals surface area contributed by atoms with Crippen LogP contribution in [0, 0.1) is 0 Å². The van der Waals surface area contributed by atoms with E-state index in [0.717, 1.165) is 11.1 Å². The largest absolute Gasteiger partial charge is 0.394 e. The molecule has 0 saturated heterocycles. The van der Waals surface area contributed by atoms with Crippen LogP contribution in [0.1, 0.15) is 21.5 Å². The van der Waals surface area contributed by atoms with E-state index in [0.29, 0.717) is 17.9 Å². The summed E-state index contributed by atoms with van der Waals surface area (Å²) in [6.07, 6.45) is 0.596. The quantitative estimate of drug-likeness (QED) is 0.806. The van der Waals surface area contributed by atoms with Crippen LogP contribution in [0.15, 0.2) is 54.6 Å². The zero-order chi connectivity index (χ0) is 15.1. The standard InChI is InChI=1S/C17H18ClNO2/c18-11-14-7-4-8-15(9-14)17(21)19-16(12-20)10-13-5-2-1-3-6-13/h1-9,16,20H,10-12H2,(H,19,21)/t16-/m0/s1. The van der Waals surface area contributed by atoms with E-state index < -0.39 is 0 Å². The van der Waals surface area contributed by atoms with Crippen LogP contribution in [0.25, 0.3) is 0 Å². The Morgan fingerprint density at radius 3 is 2.48 bits per heavy atom. The summed E-state index contributed by atoms with van der Waals surface area (Å²) in [6.45, 7) is -0.101. The van der Waals surface area contributed by atoms with Crippen molar-refractivity contribution >= 4 is 17.5 Å². The van der Waals surface area contributed by atoms with Gasteiger partial charge in [0, 0.05) is 11.4 Å². The first-order valence-electron chi connectivity index (χ1n) is 6.83. The Morgan fingerprint density at radius 2 is 1.81 bits per heavy atom. The molecule has 21 heavy (non-hydrogen) atoms. The molecule has 0 unspecified atom stereocenters. The summed E-state index contributed by atoms with van der Waals surface area (Å²) < 4.78 is 0. The first-order chi connectivity index (χ1) is 10.2. The molecule has 0 aliphatic rings. The SMILES string of the molecule is O=C(N[C@H](CO)Cc1ccccc1)c1cccc(CCl)c1. The van der Waals surface area contributed by atoms with E-state index in [-0.39, 0.29) is 18.6 Å². The fourth-order valence-electron chi connectivity index (χ4n) is 2.12. The third kappa shape index (κ3) is 4.59. The van der Waals surface area contributed by atoms with E-state index in [1.807, 2.05) is 36.4 Å². The molecule has 0 radical (unpaired) electrons. The van der Waals surface area contributed by atoms with Crippen molar-refractivity contribution in [3.05, 3.63) is 71.3 Å². The first-order valence-corrected chi connectivity index (χ1v) is 7.37. The van der Waals surface area contributed by atoms with Crippen molar-refractivity contribution in [2.24, 2.45) is 0 Å². The average Bonchev–Trinajstić information content (AvgIpc) is 2.55. The number of aliphatic hydroxyl groups is 1. The van der Waals surface area contributed by atoms with E-state index in [1.165, 1.54) is 0 Å². The normalized spacial score (nSPS) is 11.9. The number of hydrogen-bond donors (Lipinski definition) is 2. The summed E-state index contributed by atoms with van der Waals surface area (Å²) in [5.74, 6) is 0.172. The number of carbonyl (C=O) groups is 1. The molecule has 0 aliphatic heterocycles. The van der Waals surface area contributed by atoms with Crippen molar-refractivity contribution in [1.82, 2.24) is 5.32 Å². The molecule has 0 bridgehead atoms. The molecule has 1 atom stereocenters. The highest BCUT2D eigenvalue weighted by Gasteiger charge is 2.13. The third-order valence-electron chi connectivity index (χ3n) is 3.22. The van der Waals surface area contributed by atoms with Crippen molar-refractivity contribution in [3.8, 4) is 0 Å². The van der Waals surface area contributed by atoms with Gasteiger partial charge < -0.3 is 10.4 Å². The minimum Gasteiger partial charge on any atom is -0.394 e. The van der Waals surface area contributed by atoms with Gasteiger partial charge in [0.05, 0.1) is 12.6 Å². The maximum Gasteiger partial charge on any atom is 0.251 e. The number of aliphatic hydroxyl groups excluding tert-OH is 1. The van der Waals surface area contributed by atoms with Crippen LogP contribution in [0.2, 0.25) is 0 Å². The number of benzene rings is 2. The minimum absolute atomic E-state index is 0.101. The van der Waals surface area contributed by atoms with E-state index in [4.69, 9.17) is 11.6 Å². The van der Waals surface area contributed by atoms with Crippen LogP contribution in [-0.2, 0) is 12.3 Å². The molecule has 0 aliphatic carbocycles. The lowest BCUT2D eigenvalue weighted by Gasteiger charge is -2.16. The zero-order valence-corrected chi connectivity index (χ0v) is 12.4. The van der Waals surface area contributed by atoms with Crippen LogP contribution in [0.4, 0.5) is 0 Å². The molecule has 2 N–H and O–H groups in total. The van der Waals surface area contributed by atoms with Crippen molar-refractivity contribution in [3.63, 3.8) is 0 Å². The predicted molar refractivity (Wildman–Crippen MR) is 84.5 cm³/mol. The average molecular weight is 304 g/mol. The molecule has 0 fully saturated rings. The maximum absolute atomic E-state index is 12.2. The van der Waals surface area contributed by atoms with Crippen LogP contribution >= 0.6 is 11.6 Å². The fraction of sp³-hybridized carbons (Fsp3) is 0.235. The van der Waals surface area contributed by atoms with Crippen molar-refractivity contribution in [1.29, 1.82) is 0 Å². The van der Waals surface area contributed by atoms with Gasteiger partial charge in [0.1, 0.15) is 0 Å². The smallest absolute Gasteiger partial charge is 0.251 e. The molecule has 3 nitrogen and oxygen atoms in total. The fourth-order valence-corrected chi connectivity index (χ4v) is 2.29. The van der Waals surface area contributed by atoms with Crippen LogP contribution in [0.3, 0.4) is 0 Å². The van der Waals surface area contributed by atoms with Gasteiger partial charge in [-0.15, -0.1) is 11.6 Å². The summed E-state index contributed by atoms with van der Waals surface area (Å²) in [7, 11) is 0. The molecule has 2 aromatic rings. The Morgan fingerprint density at radius 1 is 1.10 bits per heavy atom. The number of nitrogens with one attached hydrogen (secondary N) is 1. The Labute approximate surface area is 129 Å². The molecule has 4 heteroatoms. The molecule has 2 rings (SSSR count). The monoisotopic (exact) mass is 303 g/mol. The second-order valence-electron chi connectivity index (χ2n) is 4.88. The molecular weight excluding hydrogens is 286 g/mol. The zero-order valence-electron chi connectivity index (χ0n) is 11.6. The highest BCUT2D eigenvalue weighted by atomic mass is 35.5. The number of amides is 1. The molecule has 0 heterocycles. The lowest BCUT2D eigenvalue weighted by atomic mass is 10.1. The van der Waals surface area contributed by atoms with Crippen molar-refractivity contribution in [2.45, 2.75) is 18.3 Å². The van der Waals surface area contributed by atoms with Gasteiger partial charge in [-0.1, -0.05) is 42.5 Å². The Kier molecular flexibility index (Phi) is 5.78. The molecule has 0 saturated carbocycles. The molecule has 110 valence electrons. The summed E-state index contributed by atoms with van der Waals surface area (Å²) >= 11 is 5.77. The van der Waals surface area contributed by atoms with Crippen molar-refractivity contribution < 1.29 is 9.90 Å². The number of halogens is 1. The Balaban J connectivity index is 2.02. The molecule has 0 spiro atoms. The van der Waals surface area contributed by atoms with E-state index >= 15 is 0 Å². The van der Waals surface area contributed by atoms with Gasteiger partial charge in [0.15, 0.2) is 0 Å². The van der Waals surface area contributed by atoms with Gasteiger partial charge in [0.25, 0.3) is 5.91 Å². The van der Waals surface area contributed by atoms with Gasteiger partial charge >= 0.3 is 0 Å². The molecule has 0 aromatic heterocycles. The summed E-state index contributed by atoms with van der Waals surface area (Å²) in [6, 6.07) is 16.6. The van der Waals surface area contributed by atoms with Gasteiger partial charge in [-0.25, -0.2) is 0 Å². The van der Waals surface area contributed by atoms with Crippen LogP contribution < -0.4 is 5.32 Å². The molecule has 2 aromatic carbocycles. The van der Waals surface area contributed by atoms with Gasteiger partial charge in [-0.05, 0) is 29.7 Å². The third-order valence-corrected chi connectivity index (χ3v) is 3.53. The van der Waals surface area contributed by atoms with Crippen LogP contribution in [0.5, 0.6) is 0 Å². The second kappa shape index (κ2) is 7.81. The number of rotatable bonds is 6. The number of carbonyl (C=O) groups excluding carboxylic acids is 1. The Bertz CT molecular complexity index is 586. The van der Waals surface area contributed by atoms with Gasteiger partial charge in [-0.3, -0.25) is 4.79 Å². The minimum atomic E-state index is -0.306. The van der Waals surface area contributed by atoms with Gasteiger partial charge in [0.2, 0.25) is 0 Å². The van der Waals surface area contributed by atoms with Crippen molar-refractivity contribution in [2.75, 3.05) is 6.61 Å². The van der Waals surface area contributed by atoms with Crippen LogP contribution in [-0.4, -0.2) is 23.7 Å². The predicted octanol–water partition coefficient (Wildman–Crippen LogP) is 2.76. The topological polar surface area (TPSA) is 49.3 Å².